The van der Waals surface area contributed by atoms with Gasteiger partial charge in [-0.1, -0.05) is 32.4 Å². The van der Waals surface area contributed by atoms with Gasteiger partial charge in [-0.05, 0) is 18.2 Å². The van der Waals surface area contributed by atoms with E-state index in [-0.39, 0.29) is 5.41 Å². The summed E-state index contributed by atoms with van der Waals surface area (Å²) >= 11 is 6.00. The molecule has 1 aromatic carbocycles. The first-order chi connectivity index (χ1) is 8.29. The molecular weight excluding hydrogens is 248 g/mol. The minimum absolute atomic E-state index is 0.0939. The Morgan fingerprint density at radius 1 is 1.28 bits per heavy atom. The number of halogens is 1. The summed E-state index contributed by atoms with van der Waals surface area (Å²) in [5.41, 5.74) is 7.34. The summed E-state index contributed by atoms with van der Waals surface area (Å²) in [6, 6.07) is 5.36. The second kappa shape index (κ2) is 4.28. The quantitative estimate of drug-likeness (QED) is 0.806. The van der Waals surface area contributed by atoms with Crippen molar-refractivity contribution in [3.63, 3.8) is 0 Å². The number of aryl methyl sites for hydroxylation is 1. The van der Waals surface area contributed by atoms with E-state index in [0.717, 1.165) is 17.2 Å². The zero-order valence-corrected chi connectivity index (χ0v) is 11.8. The monoisotopic (exact) mass is 264 g/mol. The van der Waals surface area contributed by atoms with Crippen LogP contribution in [0.1, 0.15) is 26.6 Å². The second-order valence-electron chi connectivity index (χ2n) is 5.36. The van der Waals surface area contributed by atoms with Gasteiger partial charge >= 0.3 is 0 Å². The van der Waals surface area contributed by atoms with Gasteiger partial charge in [0.15, 0.2) is 11.6 Å². The third-order valence-electron chi connectivity index (χ3n) is 2.69. The maximum atomic E-state index is 6.00. The molecule has 18 heavy (non-hydrogen) atoms. The summed E-state index contributed by atoms with van der Waals surface area (Å²) in [5.74, 6) is 1.53. The molecule has 2 N–H and O–H groups in total. The molecule has 0 atom stereocenters. The van der Waals surface area contributed by atoms with Crippen LogP contribution in [0.5, 0.6) is 0 Å². The molecule has 5 heteroatoms. The van der Waals surface area contributed by atoms with E-state index in [9.17, 15) is 0 Å². The number of aromatic nitrogens is 3. The molecule has 2 rings (SSSR count). The van der Waals surface area contributed by atoms with Crippen LogP contribution in [0.4, 0.5) is 5.69 Å². The first-order valence-corrected chi connectivity index (χ1v) is 6.14. The van der Waals surface area contributed by atoms with Crippen LogP contribution in [0.15, 0.2) is 18.2 Å². The van der Waals surface area contributed by atoms with Crippen molar-refractivity contribution >= 4 is 17.3 Å². The van der Waals surface area contributed by atoms with Gasteiger partial charge in [0, 0.05) is 28.7 Å². The maximum Gasteiger partial charge on any atom is 0.160 e. The van der Waals surface area contributed by atoms with Crippen molar-refractivity contribution in [2.24, 2.45) is 7.05 Å². The van der Waals surface area contributed by atoms with Crippen molar-refractivity contribution in [1.82, 2.24) is 14.8 Å². The average molecular weight is 265 g/mol. The standard InChI is InChI=1S/C13H17ClN4/c1-13(2,3)12-16-11(18(4)17-12)9-7-8(14)5-6-10(9)15/h5-7H,15H2,1-4H3. The maximum absolute atomic E-state index is 6.00. The van der Waals surface area contributed by atoms with Crippen LogP contribution in [-0.2, 0) is 12.5 Å². The molecular formula is C13H17ClN4. The summed E-state index contributed by atoms with van der Waals surface area (Å²) in [5, 5.41) is 5.07. The predicted octanol–water partition coefficient (Wildman–Crippen LogP) is 3.02. The molecule has 0 fully saturated rings. The van der Waals surface area contributed by atoms with E-state index in [1.165, 1.54) is 0 Å². The van der Waals surface area contributed by atoms with Crippen molar-refractivity contribution < 1.29 is 0 Å². The lowest BCUT2D eigenvalue weighted by Crippen LogP contribution is -2.13. The molecule has 0 radical (unpaired) electrons. The SMILES string of the molecule is Cn1nc(C(C)(C)C)nc1-c1cc(Cl)ccc1N. The normalized spacial score (nSPS) is 11.8. The van der Waals surface area contributed by atoms with Gasteiger partial charge in [-0.3, -0.25) is 0 Å². The molecule has 0 aliphatic rings. The highest BCUT2D eigenvalue weighted by Gasteiger charge is 2.22. The van der Waals surface area contributed by atoms with Crippen molar-refractivity contribution in [3.05, 3.63) is 29.0 Å². The highest BCUT2D eigenvalue weighted by molar-refractivity contribution is 6.31. The lowest BCUT2D eigenvalue weighted by molar-refractivity contribution is 0.538. The molecule has 1 aromatic heterocycles. The smallest absolute Gasteiger partial charge is 0.160 e. The Morgan fingerprint density at radius 2 is 1.94 bits per heavy atom. The van der Waals surface area contributed by atoms with Crippen molar-refractivity contribution in [2.75, 3.05) is 5.73 Å². The second-order valence-corrected chi connectivity index (χ2v) is 5.80. The first kappa shape index (κ1) is 12.9. The average Bonchev–Trinajstić information content (AvgIpc) is 2.64. The van der Waals surface area contributed by atoms with Crippen LogP contribution in [0.3, 0.4) is 0 Å². The molecule has 0 aliphatic heterocycles. The van der Waals surface area contributed by atoms with Crippen LogP contribution in [0.25, 0.3) is 11.4 Å². The van der Waals surface area contributed by atoms with E-state index in [4.69, 9.17) is 17.3 Å². The highest BCUT2D eigenvalue weighted by atomic mass is 35.5. The number of rotatable bonds is 1. The lowest BCUT2D eigenvalue weighted by atomic mass is 9.96. The van der Waals surface area contributed by atoms with Gasteiger partial charge in [-0.25, -0.2) is 9.67 Å². The predicted molar refractivity (Wildman–Crippen MR) is 74.6 cm³/mol. The van der Waals surface area contributed by atoms with Crippen LogP contribution >= 0.6 is 11.6 Å². The summed E-state index contributed by atoms with van der Waals surface area (Å²) in [6.07, 6.45) is 0. The Labute approximate surface area is 112 Å². The van der Waals surface area contributed by atoms with Crippen LogP contribution < -0.4 is 5.73 Å². The fraction of sp³-hybridized carbons (Fsp3) is 0.385. The molecule has 96 valence electrons. The molecule has 0 bridgehead atoms. The van der Waals surface area contributed by atoms with E-state index < -0.39 is 0 Å². The van der Waals surface area contributed by atoms with Gasteiger partial charge in [0.25, 0.3) is 0 Å². The number of nitrogens with zero attached hydrogens (tertiary/aromatic N) is 3. The summed E-state index contributed by atoms with van der Waals surface area (Å²) in [6.45, 7) is 6.23. The molecule has 0 amide bonds. The molecule has 0 aliphatic carbocycles. The van der Waals surface area contributed by atoms with Gasteiger partial charge in [0.1, 0.15) is 0 Å². The largest absolute Gasteiger partial charge is 0.398 e. The Kier molecular flexibility index (Phi) is 3.07. The zero-order valence-electron chi connectivity index (χ0n) is 11.0. The third-order valence-corrected chi connectivity index (χ3v) is 2.93. The van der Waals surface area contributed by atoms with Gasteiger partial charge in [0.2, 0.25) is 0 Å². The van der Waals surface area contributed by atoms with Crippen LogP contribution in [0, 0.1) is 0 Å². The Morgan fingerprint density at radius 3 is 2.50 bits per heavy atom. The summed E-state index contributed by atoms with van der Waals surface area (Å²) in [7, 11) is 1.86. The molecule has 0 spiro atoms. The fourth-order valence-electron chi connectivity index (χ4n) is 1.66. The van der Waals surface area contributed by atoms with Crippen molar-refractivity contribution in [1.29, 1.82) is 0 Å². The van der Waals surface area contributed by atoms with E-state index in [0.29, 0.717) is 10.7 Å². The third kappa shape index (κ3) is 2.34. The zero-order chi connectivity index (χ0) is 13.5. The first-order valence-electron chi connectivity index (χ1n) is 5.76. The molecule has 1 heterocycles. The number of nitrogen functional groups attached to an aromatic ring is 1. The minimum Gasteiger partial charge on any atom is -0.398 e. The molecule has 4 nitrogen and oxygen atoms in total. The number of benzene rings is 1. The topological polar surface area (TPSA) is 56.7 Å². The molecule has 0 saturated heterocycles. The van der Waals surface area contributed by atoms with E-state index >= 15 is 0 Å². The number of hydrogen-bond donors (Lipinski definition) is 1. The van der Waals surface area contributed by atoms with Crippen molar-refractivity contribution in [2.45, 2.75) is 26.2 Å². The van der Waals surface area contributed by atoms with E-state index in [1.807, 2.05) is 13.1 Å². The number of hydrogen-bond acceptors (Lipinski definition) is 3. The van der Waals surface area contributed by atoms with Crippen LogP contribution in [-0.4, -0.2) is 14.8 Å². The highest BCUT2D eigenvalue weighted by Crippen LogP contribution is 2.29. The Balaban J connectivity index is 2.58. The van der Waals surface area contributed by atoms with Crippen LogP contribution in [0.2, 0.25) is 5.02 Å². The van der Waals surface area contributed by atoms with E-state index in [2.05, 4.69) is 30.9 Å². The number of nitrogens with two attached hydrogens (primary N) is 1. The number of anilines is 1. The molecule has 0 saturated carbocycles. The van der Waals surface area contributed by atoms with Crippen molar-refractivity contribution in [3.8, 4) is 11.4 Å². The minimum atomic E-state index is -0.0939. The van der Waals surface area contributed by atoms with Gasteiger partial charge in [-0.15, -0.1) is 0 Å². The summed E-state index contributed by atoms with van der Waals surface area (Å²) in [4.78, 5) is 4.57. The molecule has 2 aromatic rings. The van der Waals surface area contributed by atoms with Gasteiger partial charge in [0.05, 0.1) is 0 Å². The lowest BCUT2D eigenvalue weighted by Gasteiger charge is -2.12. The van der Waals surface area contributed by atoms with Gasteiger partial charge in [-0.2, -0.15) is 5.10 Å². The molecule has 0 unspecified atom stereocenters. The Bertz CT molecular complexity index is 581. The Hall–Kier alpha value is -1.55. The van der Waals surface area contributed by atoms with E-state index in [1.54, 1.807) is 16.8 Å². The fourth-order valence-corrected chi connectivity index (χ4v) is 1.83. The van der Waals surface area contributed by atoms with Gasteiger partial charge < -0.3 is 5.73 Å². The summed E-state index contributed by atoms with van der Waals surface area (Å²) < 4.78 is 1.74.